The summed E-state index contributed by atoms with van der Waals surface area (Å²) in [4.78, 5) is 39.4. The monoisotopic (exact) mass is 438 g/mol. The van der Waals surface area contributed by atoms with Crippen molar-refractivity contribution in [1.29, 1.82) is 0 Å². The molecule has 0 saturated heterocycles. The summed E-state index contributed by atoms with van der Waals surface area (Å²) >= 11 is 1.41. The van der Waals surface area contributed by atoms with E-state index in [1.807, 2.05) is 13.8 Å². The fourth-order valence-corrected chi connectivity index (χ4v) is 5.55. The number of aromatic nitrogens is 2. The normalized spacial score (nSPS) is 15.8. The van der Waals surface area contributed by atoms with Gasteiger partial charge in [-0.1, -0.05) is 39.0 Å². The van der Waals surface area contributed by atoms with Crippen LogP contribution in [0.2, 0.25) is 0 Å². The topological polar surface area (TPSA) is 107 Å². The highest BCUT2D eigenvalue weighted by Gasteiger charge is 2.28. The van der Waals surface area contributed by atoms with Crippen molar-refractivity contribution < 1.29 is 9.59 Å². The number of anilines is 1. The molecular weight excluding hydrogens is 412 g/mol. The molecule has 2 amide bonds. The number of carbonyl (C=O) groups is 2. The summed E-state index contributed by atoms with van der Waals surface area (Å²) in [6.07, 6.45) is 2.64. The highest BCUT2D eigenvalue weighted by Crippen LogP contribution is 2.39. The summed E-state index contributed by atoms with van der Waals surface area (Å²) in [7, 11) is 0. The molecule has 0 bridgehead atoms. The molecule has 0 unspecified atom stereocenters. The smallest absolute Gasteiger partial charge is 0.277 e. The van der Waals surface area contributed by atoms with E-state index in [-0.39, 0.29) is 17.2 Å². The van der Waals surface area contributed by atoms with E-state index in [1.54, 1.807) is 24.3 Å². The van der Waals surface area contributed by atoms with Crippen LogP contribution in [-0.4, -0.2) is 21.6 Å². The minimum absolute atomic E-state index is 0.158. The van der Waals surface area contributed by atoms with E-state index >= 15 is 0 Å². The first kappa shape index (κ1) is 21.2. The summed E-state index contributed by atoms with van der Waals surface area (Å²) in [5.41, 5.74) is 6.97. The van der Waals surface area contributed by atoms with E-state index in [4.69, 9.17) is 5.73 Å². The Morgan fingerprint density at radius 1 is 1.29 bits per heavy atom. The second-order valence-corrected chi connectivity index (χ2v) is 9.75. The quantitative estimate of drug-likeness (QED) is 0.635. The van der Waals surface area contributed by atoms with Gasteiger partial charge in [-0.3, -0.25) is 14.4 Å². The molecule has 0 radical (unpaired) electrons. The van der Waals surface area contributed by atoms with Crippen LogP contribution in [0.15, 0.2) is 29.1 Å². The number of nitrogens with two attached hydrogens (primary N) is 1. The van der Waals surface area contributed by atoms with Gasteiger partial charge in [-0.25, -0.2) is 4.68 Å². The van der Waals surface area contributed by atoms with Crippen molar-refractivity contribution in [2.45, 2.75) is 46.6 Å². The number of hydrogen-bond acceptors (Lipinski definition) is 5. The molecule has 0 saturated carbocycles. The minimum Gasteiger partial charge on any atom is -0.365 e. The van der Waals surface area contributed by atoms with Gasteiger partial charge in [0, 0.05) is 16.8 Å². The first-order valence-electron chi connectivity index (χ1n) is 10.5. The third-order valence-corrected chi connectivity index (χ3v) is 6.78. The Kier molecular flexibility index (Phi) is 5.66. The number of thiophene rings is 1. The zero-order valence-corrected chi connectivity index (χ0v) is 18.7. The summed E-state index contributed by atoms with van der Waals surface area (Å²) in [5, 5.41) is 8.65. The summed E-state index contributed by atoms with van der Waals surface area (Å²) in [5.74, 6) is -0.275. The average Bonchev–Trinajstić information content (AvgIpc) is 3.06. The van der Waals surface area contributed by atoms with Crippen molar-refractivity contribution in [2.24, 2.45) is 17.6 Å². The summed E-state index contributed by atoms with van der Waals surface area (Å²) < 4.78 is 1.35. The zero-order valence-electron chi connectivity index (χ0n) is 17.9. The standard InChI is InChI=1S/C23H26N4O3S/c1-12(2)11-27-23(30)15-7-5-4-6-14(15)19(26-27)21(29)25-22-18(20(24)28)16-9-8-13(3)10-17(16)31-22/h4-7,12-13H,8-11H2,1-3H3,(H2,24,28)(H,25,29)/t13-/m0/s1. The average molecular weight is 439 g/mol. The van der Waals surface area contributed by atoms with Gasteiger partial charge in [0.15, 0.2) is 5.69 Å². The number of carbonyl (C=O) groups excluding carboxylic acids is 2. The Labute approximate surface area is 184 Å². The lowest BCUT2D eigenvalue weighted by Crippen LogP contribution is -2.29. The van der Waals surface area contributed by atoms with Crippen molar-refractivity contribution in [3.05, 3.63) is 56.3 Å². The van der Waals surface area contributed by atoms with Crippen LogP contribution in [0.3, 0.4) is 0 Å². The maximum atomic E-state index is 13.3. The lowest BCUT2D eigenvalue weighted by atomic mass is 9.88. The predicted molar refractivity (Wildman–Crippen MR) is 123 cm³/mol. The second-order valence-electron chi connectivity index (χ2n) is 8.65. The highest BCUT2D eigenvalue weighted by atomic mass is 32.1. The van der Waals surface area contributed by atoms with Gasteiger partial charge >= 0.3 is 0 Å². The number of amides is 2. The van der Waals surface area contributed by atoms with Gasteiger partial charge in [-0.15, -0.1) is 11.3 Å². The van der Waals surface area contributed by atoms with Crippen molar-refractivity contribution in [1.82, 2.24) is 9.78 Å². The van der Waals surface area contributed by atoms with Gasteiger partial charge < -0.3 is 11.1 Å². The summed E-state index contributed by atoms with van der Waals surface area (Å²) in [6, 6.07) is 6.96. The number of nitrogens with zero attached hydrogens (tertiary/aromatic N) is 2. The molecule has 0 aliphatic heterocycles. The lowest BCUT2D eigenvalue weighted by molar-refractivity contribution is 0.1000. The van der Waals surface area contributed by atoms with Gasteiger partial charge in [0.05, 0.1) is 10.9 Å². The molecule has 3 N–H and O–H groups in total. The fourth-order valence-electron chi connectivity index (χ4n) is 4.13. The first-order chi connectivity index (χ1) is 14.8. The Balaban J connectivity index is 1.79. The third-order valence-electron chi connectivity index (χ3n) is 5.61. The van der Waals surface area contributed by atoms with Crippen LogP contribution in [0.25, 0.3) is 10.8 Å². The maximum absolute atomic E-state index is 13.3. The van der Waals surface area contributed by atoms with Gasteiger partial charge in [0.1, 0.15) is 5.00 Å². The molecule has 1 atom stereocenters. The Morgan fingerprint density at radius 2 is 2.00 bits per heavy atom. The van der Waals surface area contributed by atoms with Crippen molar-refractivity contribution in [2.75, 3.05) is 5.32 Å². The third kappa shape index (κ3) is 3.99. The molecule has 0 fully saturated rings. The van der Waals surface area contributed by atoms with E-state index in [0.29, 0.717) is 33.8 Å². The number of fused-ring (bicyclic) bond motifs is 2. The van der Waals surface area contributed by atoms with Crippen LogP contribution >= 0.6 is 11.3 Å². The molecule has 1 aliphatic rings. The van der Waals surface area contributed by atoms with E-state index in [2.05, 4.69) is 17.3 Å². The van der Waals surface area contributed by atoms with Crippen LogP contribution in [0.4, 0.5) is 5.00 Å². The van der Waals surface area contributed by atoms with Crippen LogP contribution in [0.1, 0.15) is 58.5 Å². The molecule has 2 aromatic heterocycles. The van der Waals surface area contributed by atoms with Crippen molar-refractivity contribution >= 4 is 38.9 Å². The first-order valence-corrected chi connectivity index (χ1v) is 11.3. The second kappa shape index (κ2) is 8.26. The predicted octanol–water partition coefficient (Wildman–Crippen LogP) is 3.59. The molecule has 162 valence electrons. The van der Waals surface area contributed by atoms with Gasteiger partial charge in [-0.2, -0.15) is 5.10 Å². The number of primary amides is 1. The Bertz CT molecular complexity index is 1240. The molecule has 2 heterocycles. The lowest BCUT2D eigenvalue weighted by Gasteiger charge is -2.18. The molecule has 1 aromatic carbocycles. The van der Waals surface area contributed by atoms with Crippen LogP contribution < -0.4 is 16.6 Å². The maximum Gasteiger partial charge on any atom is 0.277 e. The zero-order chi connectivity index (χ0) is 22.3. The van der Waals surface area contributed by atoms with Gasteiger partial charge in [0.2, 0.25) is 0 Å². The fraction of sp³-hybridized carbons (Fsp3) is 0.391. The number of nitrogens with one attached hydrogen (secondary N) is 1. The molecule has 7 nitrogen and oxygen atoms in total. The number of hydrogen-bond donors (Lipinski definition) is 2. The van der Waals surface area contributed by atoms with Crippen molar-refractivity contribution in [3.63, 3.8) is 0 Å². The van der Waals surface area contributed by atoms with E-state index in [9.17, 15) is 14.4 Å². The number of rotatable bonds is 5. The highest BCUT2D eigenvalue weighted by molar-refractivity contribution is 7.17. The largest absolute Gasteiger partial charge is 0.365 e. The molecule has 1 aliphatic carbocycles. The Morgan fingerprint density at radius 3 is 2.68 bits per heavy atom. The molecule has 4 rings (SSSR count). The van der Waals surface area contributed by atoms with E-state index in [1.165, 1.54) is 16.0 Å². The molecule has 0 spiro atoms. The van der Waals surface area contributed by atoms with Gasteiger partial charge in [0.25, 0.3) is 17.4 Å². The van der Waals surface area contributed by atoms with Crippen LogP contribution in [-0.2, 0) is 19.4 Å². The summed E-state index contributed by atoms with van der Waals surface area (Å²) in [6.45, 7) is 6.55. The van der Waals surface area contributed by atoms with E-state index in [0.717, 1.165) is 29.7 Å². The van der Waals surface area contributed by atoms with Crippen LogP contribution in [0.5, 0.6) is 0 Å². The Hall–Kier alpha value is -3.00. The molecule has 31 heavy (non-hydrogen) atoms. The van der Waals surface area contributed by atoms with E-state index < -0.39 is 11.8 Å². The van der Waals surface area contributed by atoms with Gasteiger partial charge in [-0.05, 0) is 42.7 Å². The molecular formula is C23H26N4O3S. The SMILES string of the molecule is CC(C)Cn1nc(C(=O)Nc2sc3c(c2C(N)=O)CC[C@H](C)C3)c2ccccc2c1=O. The molecule has 3 aromatic rings. The van der Waals surface area contributed by atoms with Crippen molar-refractivity contribution in [3.8, 4) is 0 Å². The number of benzene rings is 1. The van der Waals surface area contributed by atoms with Crippen LogP contribution in [0, 0.1) is 11.8 Å². The minimum atomic E-state index is -0.537. The molecule has 8 heteroatoms.